The number of ether oxygens (including phenoxy) is 1. The van der Waals surface area contributed by atoms with E-state index in [9.17, 15) is 10.1 Å². The second-order valence-electron chi connectivity index (χ2n) is 5.90. The highest BCUT2D eigenvalue weighted by Gasteiger charge is 2.50. The zero-order chi connectivity index (χ0) is 14.5. The van der Waals surface area contributed by atoms with Gasteiger partial charge in [-0.1, -0.05) is 25.4 Å². The third-order valence-electron chi connectivity index (χ3n) is 3.88. The number of aromatic nitrogens is 1. The number of rotatable bonds is 0. The average Bonchev–Trinajstić information content (AvgIpc) is 2.71. The molecule has 0 N–H and O–H groups in total. The van der Waals surface area contributed by atoms with E-state index >= 15 is 0 Å². The minimum Gasteiger partial charge on any atom is -0.360 e. The summed E-state index contributed by atoms with van der Waals surface area (Å²) in [5, 5.41) is 9.75. The van der Waals surface area contributed by atoms with Gasteiger partial charge in [0, 0.05) is 17.2 Å². The molecule has 1 aromatic heterocycles. The van der Waals surface area contributed by atoms with Gasteiger partial charge in [-0.15, -0.1) is 0 Å². The van der Waals surface area contributed by atoms with E-state index in [0.29, 0.717) is 18.1 Å². The van der Waals surface area contributed by atoms with Gasteiger partial charge in [-0.2, -0.15) is 5.26 Å². The predicted octanol–water partition coefficient (Wildman–Crippen LogP) is 2.91. The Morgan fingerprint density at radius 2 is 2.25 bits per heavy atom. The fourth-order valence-corrected chi connectivity index (χ4v) is 3.21. The van der Waals surface area contributed by atoms with Crippen molar-refractivity contribution in [3.8, 4) is 6.07 Å². The lowest BCUT2D eigenvalue weighted by molar-refractivity contribution is -0.129. The monoisotopic (exact) mass is 288 g/mol. The molecule has 1 aliphatic carbocycles. The number of pyridine rings is 1. The van der Waals surface area contributed by atoms with Gasteiger partial charge in [0.2, 0.25) is 0 Å². The molecule has 3 rings (SSSR count). The number of Topliss-reactive ketones (excluding diaryl/α,β-unsaturated/α-hetero) is 1. The highest BCUT2D eigenvalue weighted by molar-refractivity contribution is 6.30. The zero-order valence-electron chi connectivity index (χ0n) is 11.2. The van der Waals surface area contributed by atoms with Crippen LogP contribution in [0, 0.1) is 16.7 Å². The summed E-state index contributed by atoms with van der Waals surface area (Å²) in [4.78, 5) is 16.6. The topological polar surface area (TPSA) is 63.0 Å². The van der Waals surface area contributed by atoms with Gasteiger partial charge in [0.25, 0.3) is 0 Å². The van der Waals surface area contributed by atoms with Gasteiger partial charge in [0.15, 0.2) is 5.78 Å². The molecule has 2 heterocycles. The first-order valence-corrected chi connectivity index (χ1v) is 6.72. The number of carbonyl (C=O) groups is 1. The molecule has 0 aromatic carbocycles. The molecular weight excluding hydrogens is 276 g/mol. The largest absolute Gasteiger partial charge is 0.360 e. The number of allylic oxidation sites excluding steroid dienone is 1. The van der Waals surface area contributed by atoms with Crippen molar-refractivity contribution in [3.05, 3.63) is 40.2 Å². The lowest BCUT2D eigenvalue weighted by atomic mass is 9.69. The lowest BCUT2D eigenvalue weighted by Crippen LogP contribution is -2.41. The van der Waals surface area contributed by atoms with Gasteiger partial charge in [-0.05, 0) is 18.6 Å². The first-order valence-electron chi connectivity index (χ1n) is 6.35. The molecule has 0 radical (unpaired) electrons. The summed E-state index contributed by atoms with van der Waals surface area (Å²) in [7, 11) is 0. The van der Waals surface area contributed by atoms with E-state index in [1.54, 1.807) is 12.3 Å². The van der Waals surface area contributed by atoms with Crippen LogP contribution in [0.25, 0.3) is 0 Å². The molecule has 2 aliphatic rings. The lowest BCUT2D eigenvalue weighted by Gasteiger charge is -2.37. The summed E-state index contributed by atoms with van der Waals surface area (Å²) in [5.41, 5.74) is 0.378. The predicted molar refractivity (Wildman–Crippen MR) is 72.8 cm³/mol. The Kier molecular flexibility index (Phi) is 2.75. The Labute approximate surface area is 122 Å². The summed E-state index contributed by atoms with van der Waals surface area (Å²) in [5.74, 6) is -0.142. The highest BCUT2D eigenvalue weighted by Crippen LogP contribution is 2.49. The Bertz CT molecular complexity index is 688. The SMILES string of the molecule is CC1(C)CC2(C=C(C#N)C1=O)OCc1cc(Cl)cnc12. The minimum absolute atomic E-state index is 0.142. The van der Waals surface area contributed by atoms with Gasteiger partial charge in [0.1, 0.15) is 11.7 Å². The van der Waals surface area contributed by atoms with Gasteiger partial charge in [0.05, 0.1) is 22.9 Å². The molecule has 1 aliphatic heterocycles. The zero-order valence-corrected chi connectivity index (χ0v) is 12.0. The minimum atomic E-state index is -0.789. The maximum atomic E-state index is 12.2. The molecule has 0 amide bonds. The highest BCUT2D eigenvalue weighted by atomic mass is 35.5. The summed E-state index contributed by atoms with van der Waals surface area (Å²) in [6.07, 6.45) is 3.67. The van der Waals surface area contributed by atoms with Gasteiger partial charge in [-0.3, -0.25) is 9.78 Å². The Balaban J connectivity index is 2.19. The van der Waals surface area contributed by atoms with Crippen LogP contribution in [0.5, 0.6) is 0 Å². The Morgan fingerprint density at radius 3 is 2.95 bits per heavy atom. The number of carbonyl (C=O) groups excluding carboxylic acids is 1. The third kappa shape index (κ3) is 1.78. The normalized spacial score (nSPS) is 27.1. The maximum Gasteiger partial charge on any atom is 0.178 e. The molecule has 0 saturated heterocycles. The molecule has 1 spiro atoms. The first kappa shape index (κ1) is 13.3. The van der Waals surface area contributed by atoms with Crippen LogP contribution in [0.1, 0.15) is 31.5 Å². The fraction of sp³-hybridized carbons (Fsp3) is 0.400. The average molecular weight is 289 g/mol. The van der Waals surface area contributed by atoms with E-state index in [2.05, 4.69) is 4.98 Å². The van der Waals surface area contributed by atoms with Crippen LogP contribution in [0.3, 0.4) is 0 Å². The number of nitrogens with zero attached hydrogens (tertiary/aromatic N) is 2. The summed E-state index contributed by atoms with van der Waals surface area (Å²) >= 11 is 5.95. The summed E-state index contributed by atoms with van der Waals surface area (Å²) < 4.78 is 5.92. The maximum absolute atomic E-state index is 12.2. The first-order chi connectivity index (χ1) is 9.38. The quantitative estimate of drug-likeness (QED) is 0.736. The van der Waals surface area contributed by atoms with E-state index in [-0.39, 0.29) is 11.4 Å². The number of fused-ring (bicyclic) bond motifs is 2. The Morgan fingerprint density at radius 1 is 1.50 bits per heavy atom. The van der Waals surface area contributed by atoms with E-state index in [1.165, 1.54) is 0 Å². The number of hydrogen-bond acceptors (Lipinski definition) is 4. The number of ketones is 1. The molecule has 1 atom stereocenters. The van der Waals surface area contributed by atoms with Crippen molar-refractivity contribution in [1.82, 2.24) is 4.98 Å². The van der Waals surface area contributed by atoms with Crippen LogP contribution in [-0.2, 0) is 21.7 Å². The number of hydrogen-bond donors (Lipinski definition) is 0. The molecular formula is C15H13ClN2O2. The van der Waals surface area contributed by atoms with Crippen molar-refractivity contribution in [1.29, 1.82) is 5.26 Å². The molecule has 0 saturated carbocycles. The van der Waals surface area contributed by atoms with Gasteiger partial charge in [-0.25, -0.2) is 0 Å². The van der Waals surface area contributed by atoms with Gasteiger partial charge < -0.3 is 4.74 Å². The van der Waals surface area contributed by atoms with Crippen molar-refractivity contribution in [2.24, 2.45) is 5.41 Å². The van der Waals surface area contributed by atoms with Crippen LogP contribution in [0.4, 0.5) is 0 Å². The molecule has 4 nitrogen and oxygen atoms in total. The van der Waals surface area contributed by atoms with Crippen molar-refractivity contribution in [2.45, 2.75) is 32.5 Å². The Hall–Kier alpha value is -1.70. The number of nitriles is 1. The molecule has 0 fully saturated rings. The van der Waals surface area contributed by atoms with Crippen LogP contribution in [-0.4, -0.2) is 10.8 Å². The van der Waals surface area contributed by atoms with Gasteiger partial charge >= 0.3 is 0 Å². The summed E-state index contributed by atoms with van der Waals surface area (Å²) in [6, 6.07) is 3.80. The smallest absolute Gasteiger partial charge is 0.178 e. The van der Waals surface area contributed by atoms with E-state index in [4.69, 9.17) is 16.3 Å². The van der Waals surface area contributed by atoms with E-state index < -0.39 is 11.0 Å². The third-order valence-corrected chi connectivity index (χ3v) is 4.09. The second kappa shape index (κ2) is 4.15. The van der Waals surface area contributed by atoms with Crippen LogP contribution in [0.2, 0.25) is 5.02 Å². The fourth-order valence-electron chi connectivity index (χ4n) is 3.03. The van der Waals surface area contributed by atoms with Crippen molar-refractivity contribution < 1.29 is 9.53 Å². The molecule has 0 bridgehead atoms. The molecule has 20 heavy (non-hydrogen) atoms. The molecule has 102 valence electrons. The second-order valence-corrected chi connectivity index (χ2v) is 6.34. The molecule has 5 heteroatoms. The van der Waals surface area contributed by atoms with Crippen LogP contribution >= 0.6 is 11.6 Å². The van der Waals surface area contributed by atoms with Crippen molar-refractivity contribution >= 4 is 17.4 Å². The molecule has 1 aromatic rings. The van der Waals surface area contributed by atoms with Crippen molar-refractivity contribution in [2.75, 3.05) is 0 Å². The molecule has 1 unspecified atom stereocenters. The van der Waals surface area contributed by atoms with E-state index in [0.717, 1.165) is 11.3 Å². The van der Waals surface area contributed by atoms with Crippen LogP contribution < -0.4 is 0 Å². The van der Waals surface area contributed by atoms with Crippen molar-refractivity contribution in [3.63, 3.8) is 0 Å². The standard InChI is InChI=1S/C15H13ClN2O2/c1-14(2)8-15(4-10(5-17)13(14)19)12-9(7-20-15)3-11(16)6-18-12/h3-4,6H,7-8H2,1-2H3. The number of halogens is 1. The van der Waals surface area contributed by atoms with E-state index in [1.807, 2.05) is 26.0 Å². The van der Waals surface area contributed by atoms with Crippen LogP contribution in [0.15, 0.2) is 23.9 Å². The summed E-state index contributed by atoms with van der Waals surface area (Å²) in [6.45, 7) is 4.06.